The molecule has 1 heterocycles. The Balaban J connectivity index is 0.000000540. The van der Waals surface area contributed by atoms with E-state index >= 15 is 0 Å². The van der Waals surface area contributed by atoms with E-state index in [-0.39, 0.29) is 35.5 Å². The zero-order valence-electron chi connectivity index (χ0n) is 15.7. The van der Waals surface area contributed by atoms with Gasteiger partial charge in [-0.2, -0.15) is 0 Å². The number of aliphatic imine (C=N–C) groups is 1. The normalized spacial score (nSPS) is 20.2. The summed E-state index contributed by atoms with van der Waals surface area (Å²) < 4.78 is 4.91. The summed E-state index contributed by atoms with van der Waals surface area (Å²) in [5.41, 5.74) is -1.15. The van der Waals surface area contributed by atoms with Gasteiger partial charge in [-0.25, -0.2) is 4.99 Å². The molecule has 0 aromatic heterocycles. The molecule has 0 radical (unpaired) electrons. The van der Waals surface area contributed by atoms with Crippen LogP contribution in [0.3, 0.4) is 0 Å². The molecule has 1 aliphatic rings. The van der Waals surface area contributed by atoms with Crippen LogP contribution in [-0.2, 0) is 9.59 Å². The van der Waals surface area contributed by atoms with E-state index in [0.29, 0.717) is 6.42 Å². The molecule has 1 aromatic carbocycles. The predicted octanol–water partition coefficient (Wildman–Crippen LogP) is -1.11. The van der Waals surface area contributed by atoms with Crippen molar-refractivity contribution < 1.29 is 49.0 Å². The number of methoxy groups -OCH3 is 1. The standard InChI is InChI=1S/C11H18N2O3.C7H8O.Na/c1-4-6-7(3)11(5-2)8(14)12-10(16)13-9(11)15;1-8-7-5-3-2-4-6-7;/h7H,4-6H2,1-3H3,(H2,12,13,14,15,16);2-6H,1H3;/q;;+1/p-1. The monoisotopic (exact) mass is 356 g/mol. The number of amides is 2. The number of carbonyl (C=O) groups is 2. The largest absolute Gasteiger partial charge is 1.00 e. The molecule has 1 N–H and O–H groups in total. The minimum Gasteiger partial charge on any atom is -0.846 e. The fraction of sp³-hybridized carbons (Fsp3) is 0.500. The molecule has 2 atom stereocenters. The number of nitrogens with zero attached hydrogens (tertiary/aromatic N) is 1. The van der Waals surface area contributed by atoms with Crippen LogP contribution in [0.2, 0.25) is 0 Å². The Hall–Kier alpha value is -1.37. The molecule has 0 saturated heterocycles. The number of carbonyl (C=O) groups excluding carboxylic acids is 2. The maximum Gasteiger partial charge on any atom is 1.00 e. The molecule has 0 fully saturated rings. The molecular weight excluding hydrogens is 331 g/mol. The Bertz CT molecular complexity index is 592. The molecule has 0 bridgehead atoms. The fourth-order valence-corrected chi connectivity index (χ4v) is 2.86. The van der Waals surface area contributed by atoms with Crippen molar-refractivity contribution in [2.24, 2.45) is 16.3 Å². The van der Waals surface area contributed by atoms with Crippen LogP contribution in [0.5, 0.6) is 5.75 Å². The zero-order chi connectivity index (χ0) is 18.2. The van der Waals surface area contributed by atoms with Gasteiger partial charge in [0.1, 0.15) is 11.2 Å². The number of hydrogen-bond donors (Lipinski definition) is 1. The van der Waals surface area contributed by atoms with Crippen molar-refractivity contribution >= 4 is 17.8 Å². The third-order valence-electron chi connectivity index (χ3n) is 4.31. The van der Waals surface area contributed by atoms with Crippen molar-refractivity contribution in [2.75, 3.05) is 7.11 Å². The van der Waals surface area contributed by atoms with Crippen LogP contribution in [0.4, 0.5) is 0 Å². The van der Waals surface area contributed by atoms with Crippen molar-refractivity contribution in [3.05, 3.63) is 30.3 Å². The van der Waals surface area contributed by atoms with Gasteiger partial charge in [0.15, 0.2) is 0 Å². The Morgan fingerprint density at radius 1 is 1.24 bits per heavy atom. The third kappa shape index (κ3) is 5.83. The van der Waals surface area contributed by atoms with Crippen molar-refractivity contribution in [1.29, 1.82) is 0 Å². The van der Waals surface area contributed by atoms with Crippen LogP contribution in [-0.4, -0.2) is 24.9 Å². The molecule has 7 heteroatoms. The number of ether oxygens (including phenoxy) is 1. The summed E-state index contributed by atoms with van der Waals surface area (Å²) in [7, 11) is 1.66. The SMILES string of the molecule is CCCC(C)C1(CC)C(=O)N=C([O-])NC1=O.COc1ccccc1.[Na+]. The molecule has 6 nitrogen and oxygen atoms in total. The average Bonchev–Trinajstić information content (AvgIpc) is 2.56. The van der Waals surface area contributed by atoms with E-state index in [2.05, 4.69) is 10.3 Å². The van der Waals surface area contributed by atoms with E-state index < -0.39 is 23.3 Å². The van der Waals surface area contributed by atoms with Gasteiger partial charge >= 0.3 is 29.6 Å². The van der Waals surface area contributed by atoms with E-state index in [0.717, 1.165) is 18.6 Å². The summed E-state index contributed by atoms with van der Waals surface area (Å²) in [6.45, 7) is 5.62. The molecule has 2 unspecified atom stereocenters. The predicted molar refractivity (Wildman–Crippen MR) is 90.4 cm³/mol. The van der Waals surface area contributed by atoms with Crippen LogP contribution in [0, 0.1) is 11.3 Å². The summed E-state index contributed by atoms with van der Waals surface area (Å²) in [4.78, 5) is 27.1. The van der Waals surface area contributed by atoms with E-state index in [1.807, 2.05) is 44.2 Å². The smallest absolute Gasteiger partial charge is 0.846 e. The number of rotatable bonds is 5. The van der Waals surface area contributed by atoms with Crippen LogP contribution < -0.4 is 44.7 Å². The summed E-state index contributed by atoms with van der Waals surface area (Å²) in [5, 5.41) is 13.1. The van der Waals surface area contributed by atoms with Crippen LogP contribution in [0.25, 0.3) is 0 Å². The van der Waals surface area contributed by atoms with Crippen LogP contribution in [0.15, 0.2) is 35.3 Å². The number of para-hydroxylation sites is 1. The van der Waals surface area contributed by atoms with Gasteiger partial charge in [0.05, 0.1) is 13.1 Å². The summed E-state index contributed by atoms with van der Waals surface area (Å²) in [6.07, 6.45) is 2.02. The van der Waals surface area contributed by atoms with Crippen molar-refractivity contribution in [3.8, 4) is 5.75 Å². The van der Waals surface area contributed by atoms with Gasteiger partial charge in [0, 0.05) is 0 Å². The first-order valence-corrected chi connectivity index (χ1v) is 8.12. The van der Waals surface area contributed by atoms with Gasteiger partial charge in [0.2, 0.25) is 5.91 Å². The fourth-order valence-electron chi connectivity index (χ4n) is 2.86. The molecule has 2 amide bonds. The summed E-state index contributed by atoms with van der Waals surface area (Å²) in [6, 6.07) is 8.84. The second kappa shape index (κ2) is 11.3. The second-order valence-corrected chi connectivity index (χ2v) is 5.71. The van der Waals surface area contributed by atoms with Gasteiger partial charge in [-0.05, 0) is 30.9 Å². The zero-order valence-corrected chi connectivity index (χ0v) is 17.7. The first-order valence-electron chi connectivity index (χ1n) is 8.12. The quantitative estimate of drug-likeness (QED) is 0.535. The second-order valence-electron chi connectivity index (χ2n) is 5.71. The Morgan fingerprint density at radius 3 is 2.24 bits per heavy atom. The maximum absolute atomic E-state index is 11.9. The van der Waals surface area contributed by atoms with Gasteiger partial charge in [0.25, 0.3) is 5.91 Å². The average molecular weight is 356 g/mol. The Labute approximate surface area is 171 Å². The Kier molecular flexibility index (Phi) is 10.7. The first kappa shape index (κ1) is 23.6. The minimum atomic E-state index is -1.15. The van der Waals surface area contributed by atoms with Gasteiger partial charge in [-0.15, -0.1) is 0 Å². The van der Waals surface area contributed by atoms with Crippen molar-refractivity contribution in [3.63, 3.8) is 0 Å². The van der Waals surface area contributed by atoms with Crippen LogP contribution >= 0.6 is 0 Å². The van der Waals surface area contributed by atoms with Gasteiger partial charge < -0.3 is 15.2 Å². The number of nitrogens with one attached hydrogen (secondary N) is 1. The molecule has 25 heavy (non-hydrogen) atoms. The summed E-state index contributed by atoms with van der Waals surface area (Å²) >= 11 is 0. The molecule has 0 aliphatic carbocycles. The minimum absolute atomic E-state index is 0. The molecular formula is C18H25N2NaO4. The van der Waals surface area contributed by atoms with Crippen molar-refractivity contribution in [2.45, 2.75) is 40.0 Å². The third-order valence-corrected chi connectivity index (χ3v) is 4.31. The summed E-state index contributed by atoms with van der Waals surface area (Å²) in [5.74, 6) is -0.287. The van der Waals surface area contributed by atoms with E-state index in [9.17, 15) is 14.7 Å². The molecule has 0 saturated carbocycles. The van der Waals surface area contributed by atoms with Crippen LogP contribution in [0.1, 0.15) is 40.0 Å². The first-order chi connectivity index (χ1) is 11.4. The number of hydrogen-bond acceptors (Lipinski definition) is 4. The topological polar surface area (TPSA) is 90.8 Å². The molecule has 1 aromatic rings. The van der Waals surface area contributed by atoms with Gasteiger partial charge in [-0.1, -0.05) is 45.4 Å². The van der Waals surface area contributed by atoms with Gasteiger partial charge in [-0.3, -0.25) is 9.59 Å². The Morgan fingerprint density at radius 2 is 1.84 bits per heavy atom. The number of benzene rings is 1. The van der Waals surface area contributed by atoms with Crippen molar-refractivity contribution in [1.82, 2.24) is 5.32 Å². The van der Waals surface area contributed by atoms with E-state index in [1.54, 1.807) is 14.0 Å². The molecule has 2 rings (SSSR count). The maximum atomic E-state index is 11.9. The molecule has 1 aliphatic heterocycles. The number of amidine groups is 1. The van der Waals surface area contributed by atoms with E-state index in [1.165, 1.54) is 0 Å². The molecule has 0 spiro atoms. The molecule has 132 valence electrons. The van der Waals surface area contributed by atoms with E-state index in [4.69, 9.17) is 4.74 Å².